The van der Waals surface area contributed by atoms with Gasteiger partial charge in [0.15, 0.2) is 0 Å². The number of benzene rings is 1. The van der Waals surface area contributed by atoms with E-state index in [4.69, 9.17) is 0 Å². The number of nitrogens with zero attached hydrogens (tertiary/aromatic N) is 3. The molecule has 0 N–H and O–H groups in total. The molecule has 0 bridgehead atoms. The molecule has 4 heteroatoms. The average Bonchev–Trinajstić information content (AvgIpc) is 3.34. The smallest absolute Gasteiger partial charge is 0.267 e. The van der Waals surface area contributed by atoms with Crippen LogP contribution in [0.25, 0.3) is 0 Å². The molecule has 1 amide bonds. The molecule has 0 spiro atoms. The third-order valence-corrected chi connectivity index (χ3v) is 4.33. The molecule has 4 nitrogen and oxygen atoms in total. The number of rotatable bonds is 3. The van der Waals surface area contributed by atoms with Crippen LogP contribution in [0.3, 0.4) is 0 Å². The lowest BCUT2D eigenvalue weighted by atomic mass is 10.0. The first kappa shape index (κ1) is 13.2. The first-order valence-electron chi connectivity index (χ1n) is 7.69. The molecule has 1 aromatic carbocycles. The van der Waals surface area contributed by atoms with E-state index >= 15 is 0 Å². The van der Waals surface area contributed by atoms with Crippen molar-refractivity contribution in [3.8, 4) is 0 Å². The normalized spacial score (nSPS) is 20.8. The molecular formula is C18H17N3O. The number of amides is 1. The highest BCUT2D eigenvalue weighted by Gasteiger charge is 2.42. The zero-order chi connectivity index (χ0) is 14.9. The molecule has 1 saturated carbocycles. The predicted octanol–water partition coefficient (Wildman–Crippen LogP) is 3.11. The van der Waals surface area contributed by atoms with Crippen LogP contribution in [0.4, 0.5) is 0 Å². The quantitative estimate of drug-likeness (QED) is 0.872. The van der Waals surface area contributed by atoms with Gasteiger partial charge in [-0.2, -0.15) is 5.10 Å². The van der Waals surface area contributed by atoms with E-state index in [-0.39, 0.29) is 11.9 Å². The van der Waals surface area contributed by atoms with Crippen molar-refractivity contribution < 1.29 is 4.79 Å². The van der Waals surface area contributed by atoms with Gasteiger partial charge in [0.1, 0.15) is 0 Å². The van der Waals surface area contributed by atoms with Gasteiger partial charge in [-0.05, 0) is 37.0 Å². The zero-order valence-electron chi connectivity index (χ0n) is 12.2. The van der Waals surface area contributed by atoms with Crippen LogP contribution in [0.2, 0.25) is 0 Å². The van der Waals surface area contributed by atoms with E-state index in [2.05, 4.69) is 10.1 Å². The maximum Gasteiger partial charge on any atom is 0.274 e. The lowest BCUT2D eigenvalue weighted by Gasteiger charge is -2.21. The van der Waals surface area contributed by atoms with Crippen LogP contribution in [0.15, 0.2) is 60.0 Å². The molecule has 1 aliphatic heterocycles. The van der Waals surface area contributed by atoms with Crippen LogP contribution >= 0.6 is 0 Å². The van der Waals surface area contributed by atoms with E-state index in [0.717, 1.165) is 17.7 Å². The number of pyridine rings is 1. The van der Waals surface area contributed by atoms with Gasteiger partial charge < -0.3 is 0 Å². The van der Waals surface area contributed by atoms with Crippen molar-refractivity contribution in [2.75, 3.05) is 0 Å². The lowest BCUT2D eigenvalue weighted by molar-refractivity contribution is 0.0694. The summed E-state index contributed by atoms with van der Waals surface area (Å²) in [5.41, 5.74) is 2.68. The monoisotopic (exact) mass is 291 g/mol. The lowest BCUT2D eigenvalue weighted by Crippen LogP contribution is -2.34. The Hall–Kier alpha value is -2.49. The first-order valence-corrected chi connectivity index (χ1v) is 7.69. The van der Waals surface area contributed by atoms with E-state index in [1.807, 2.05) is 48.7 Å². The average molecular weight is 291 g/mol. The number of carbonyl (C=O) groups is 1. The van der Waals surface area contributed by atoms with E-state index < -0.39 is 0 Å². The minimum Gasteiger partial charge on any atom is -0.267 e. The predicted molar refractivity (Wildman–Crippen MR) is 84.5 cm³/mol. The van der Waals surface area contributed by atoms with Crippen LogP contribution in [0, 0.1) is 5.92 Å². The highest BCUT2D eigenvalue weighted by Crippen LogP contribution is 2.40. The van der Waals surface area contributed by atoms with E-state index in [1.54, 1.807) is 11.2 Å². The van der Waals surface area contributed by atoms with Crippen molar-refractivity contribution in [3.63, 3.8) is 0 Å². The molecule has 2 heterocycles. The van der Waals surface area contributed by atoms with Crippen molar-refractivity contribution in [1.82, 2.24) is 9.99 Å². The van der Waals surface area contributed by atoms with Crippen molar-refractivity contribution in [1.29, 1.82) is 0 Å². The number of hydrogen-bond donors (Lipinski definition) is 0. The van der Waals surface area contributed by atoms with Crippen LogP contribution in [0.1, 0.15) is 35.2 Å². The highest BCUT2D eigenvalue weighted by molar-refractivity contribution is 6.04. The summed E-state index contributed by atoms with van der Waals surface area (Å²) in [7, 11) is 0. The second-order valence-corrected chi connectivity index (χ2v) is 5.91. The maximum atomic E-state index is 12.8. The van der Waals surface area contributed by atoms with Crippen molar-refractivity contribution >= 4 is 11.6 Å². The van der Waals surface area contributed by atoms with Gasteiger partial charge in [0.25, 0.3) is 5.91 Å². The minimum absolute atomic E-state index is 0.00334. The maximum absolute atomic E-state index is 12.8. The summed E-state index contributed by atoms with van der Waals surface area (Å²) < 4.78 is 0. The third kappa shape index (κ3) is 2.41. The van der Waals surface area contributed by atoms with E-state index in [1.165, 1.54) is 12.8 Å². The van der Waals surface area contributed by atoms with Crippen molar-refractivity contribution in [2.24, 2.45) is 11.0 Å². The second-order valence-electron chi connectivity index (χ2n) is 5.91. The van der Waals surface area contributed by atoms with Crippen molar-refractivity contribution in [2.45, 2.75) is 25.3 Å². The van der Waals surface area contributed by atoms with Gasteiger partial charge in [-0.15, -0.1) is 0 Å². The highest BCUT2D eigenvalue weighted by atomic mass is 16.2. The summed E-state index contributed by atoms with van der Waals surface area (Å²) in [5, 5.41) is 6.34. The van der Waals surface area contributed by atoms with Crippen LogP contribution in [-0.2, 0) is 0 Å². The topological polar surface area (TPSA) is 45.6 Å². The van der Waals surface area contributed by atoms with E-state index in [0.29, 0.717) is 11.5 Å². The fourth-order valence-corrected chi connectivity index (χ4v) is 3.00. The number of aromatic nitrogens is 1. The summed E-state index contributed by atoms with van der Waals surface area (Å²) >= 11 is 0. The molecular weight excluding hydrogens is 274 g/mol. The molecule has 110 valence electrons. The minimum atomic E-state index is -0.00334. The summed E-state index contributed by atoms with van der Waals surface area (Å²) in [5.74, 6) is 0.585. The van der Waals surface area contributed by atoms with Gasteiger partial charge in [-0.1, -0.05) is 24.3 Å². The number of hydrazone groups is 1. The van der Waals surface area contributed by atoms with Gasteiger partial charge in [-0.3, -0.25) is 9.78 Å². The Kier molecular flexibility index (Phi) is 3.22. The summed E-state index contributed by atoms with van der Waals surface area (Å²) in [6.07, 6.45) is 6.79. The standard InChI is InChI=1S/C18H17N3O/c22-18(14-5-2-1-3-6-14)21-17(13-8-9-13)11-16(20-21)15-7-4-10-19-12-15/h1-7,10,12-13,17H,8-9,11H2. The largest absolute Gasteiger partial charge is 0.274 e. The second kappa shape index (κ2) is 5.37. The Labute approximate surface area is 129 Å². The Balaban J connectivity index is 1.66. The van der Waals surface area contributed by atoms with Crippen molar-refractivity contribution in [3.05, 3.63) is 66.0 Å². The molecule has 0 saturated heterocycles. The summed E-state index contributed by atoms with van der Waals surface area (Å²) in [6, 6.07) is 13.5. The molecule has 1 aromatic heterocycles. The number of carbonyl (C=O) groups excluding carboxylic acids is 1. The zero-order valence-corrected chi connectivity index (χ0v) is 12.2. The Bertz CT molecular complexity index is 708. The molecule has 2 aromatic rings. The number of hydrogen-bond acceptors (Lipinski definition) is 3. The van der Waals surface area contributed by atoms with Gasteiger partial charge in [0, 0.05) is 29.9 Å². The summed E-state index contributed by atoms with van der Waals surface area (Å²) in [4.78, 5) is 16.9. The van der Waals surface area contributed by atoms with Crippen LogP contribution in [0.5, 0.6) is 0 Å². The van der Waals surface area contributed by atoms with Gasteiger partial charge in [0.2, 0.25) is 0 Å². The van der Waals surface area contributed by atoms with Crippen LogP contribution in [-0.4, -0.2) is 27.7 Å². The Morgan fingerprint density at radius 3 is 2.59 bits per heavy atom. The molecule has 1 fully saturated rings. The van der Waals surface area contributed by atoms with Gasteiger partial charge >= 0.3 is 0 Å². The third-order valence-electron chi connectivity index (χ3n) is 4.33. The van der Waals surface area contributed by atoms with Crippen LogP contribution < -0.4 is 0 Å². The Morgan fingerprint density at radius 1 is 1.09 bits per heavy atom. The van der Waals surface area contributed by atoms with Gasteiger partial charge in [0.05, 0.1) is 11.8 Å². The molecule has 22 heavy (non-hydrogen) atoms. The van der Waals surface area contributed by atoms with E-state index in [9.17, 15) is 4.79 Å². The molecule has 0 radical (unpaired) electrons. The molecule has 4 rings (SSSR count). The molecule has 2 aliphatic rings. The first-order chi connectivity index (χ1) is 10.8. The van der Waals surface area contributed by atoms with Gasteiger partial charge in [-0.25, -0.2) is 5.01 Å². The molecule has 1 unspecified atom stereocenters. The molecule has 1 atom stereocenters. The molecule has 1 aliphatic carbocycles. The fourth-order valence-electron chi connectivity index (χ4n) is 3.00. The summed E-state index contributed by atoms with van der Waals surface area (Å²) in [6.45, 7) is 0. The fraction of sp³-hybridized carbons (Fsp3) is 0.278. The Morgan fingerprint density at radius 2 is 1.91 bits per heavy atom. The SMILES string of the molecule is O=C(c1ccccc1)N1N=C(c2cccnc2)CC1C1CC1.